The molecule has 0 radical (unpaired) electrons. The van der Waals surface area contributed by atoms with Crippen LogP contribution < -0.4 is 77.4 Å². The van der Waals surface area contributed by atoms with Gasteiger partial charge in [-0.25, -0.2) is 35.9 Å². The van der Waals surface area contributed by atoms with Gasteiger partial charge in [0, 0.05) is 55.8 Å². The van der Waals surface area contributed by atoms with Crippen LogP contribution in [0.1, 0.15) is 194 Å². The number of guanidine groups is 2. The highest BCUT2D eigenvalue weighted by Crippen LogP contribution is 2.47. The summed E-state index contributed by atoms with van der Waals surface area (Å²) in [6.45, 7) is 27.7. The average molecular weight is 1910 g/mol. The van der Waals surface area contributed by atoms with E-state index in [9.17, 15) is 74.7 Å². The quantitative estimate of drug-likeness (QED) is 0.00634. The number of hydrogen-bond donors (Lipinski definition) is 16. The van der Waals surface area contributed by atoms with E-state index in [0.717, 1.165) is 27.8 Å². The van der Waals surface area contributed by atoms with Crippen LogP contribution in [0.2, 0.25) is 0 Å². The molecular formula is C96H127N15O22S2. The zero-order valence-corrected chi connectivity index (χ0v) is 81.2. The van der Waals surface area contributed by atoms with Gasteiger partial charge in [-0.1, -0.05) is 123 Å². The fourth-order valence-corrected chi connectivity index (χ4v) is 19.4. The molecule has 16 N–H and O–H groups in total. The molecule has 0 aromatic heterocycles. The van der Waals surface area contributed by atoms with Crippen LogP contribution in [-0.4, -0.2) is 203 Å². The molecule has 9 rings (SSSR count). The van der Waals surface area contributed by atoms with Crippen molar-refractivity contribution in [2.24, 2.45) is 5.92 Å². The molecule has 0 saturated heterocycles. The Morgan fingerprint density at radius 1 is 0.452 bits per heavy atom. The fourth-order valence-electron chi connectivity index (χ4n) is 16.4. The highest BCUT2D eigenvalue weighted by molar-refractivity contribution is 7.90. The Bertz CT molecular complexity index is 5690. The summed E-state index contributed by atoms with van der Waals surface area (Å²) in [5.41, 5.74) is 5.66. The third-order valence-corrected chi connectivity index (χ3v) is 26.2. The molecule has 2 aliphatic heterocycles. The van der Waals surface area contributed by atoms with E-state index in [1.165, 1.54) is 13.8 Å². The van der Waals surface area contributed by atoms with Gasteiger partial charge in [0.25, 0.3) is 20.0 Å². The minimum atomic E-state index is -4.44. The smallest absolute Gasteiger partial charge is 0.407 e. The summed E-state index contributed by atoms with van der Waals surface area (Å²) in [6.07, 6.45) is -3.02. The van der Waals surface area contributed by atoms with Crippen LogP contribution >= 0.6 is 0 Å². The number of benzene rings is 6. The van der Waals surface area contributed by atoms with Crippen LogP contribution in [0, 0.1) is 58.3 Å². The van der Waals surface area contributed by atoms with Crippen LogP contribution in [-0.2, 0) is 113 Å². The molecular weight excluding hydrogens is 1780 g/mol. The Hall–Kier alpha value is -13.2. The molecule has 0 saturated carbocycles. The van der Waals surface area contributed by atoms with Gasteiger partial charge in [-0.05, 0) is 209 Å². The van der Waals surface area contributed by atoms with Gasteiger partial charge in [0.05, 0.1) is 35.7 Å². The largest absolute Gasteiger partial charge is 0.487 e. The number of amides is 9. The number of sulfonamides is 2. The van der Waals surface area contributed by atoms with Gasteiger partial charge in [-0.2, -0.15) is 0 Å². The van der Waals surface area contributed by atoms with E-state index in [2.05, 4.69) is 67.9 Å². The van der Waals surface area contributed by atoms with Crippen LogP contribution in [0.4, 0.5) is 4.79 Å². The van der Waals surface area contributed by atoms with E-state index in [-0.39, 0.29) is 68.0 Å². The van der Waals surface area contributed by atoms with Crippen molar-refractivity contribution in [2.45, 2.75) is 269 Å². The van der Waals surface area contributed by atoms with Crippen LogP contribution in [0.15, 0.2) is 119 Å². The van der Waals surface area contributed by atoms with E-state index in [1.54, 1.807) is 144 Å². The van der Waals surface area contributed by atoms with Crippen molar-refractivity contribution in [2.75, 3.05) is 32.8 Å². The van der Waals surface area contributed by atoms with E-state index in [0.29, 0.717) is 74.4 Å². The molecule has 39 heteroatoms. The third kappa shape index (κ3) is 29.2. The minimum Gasteiger partial charge on any atom is -0.487 e. The van der Waals surface area contributed by atoms with Crippen LogP contribution in [0.25, 0.3) is 11.1 Å². The molecule has 7 atom stereocenters. The number of nitrogens with one attached hydrogen (secondary N) is 15. The number of carboxylic acids is 1. The molecule has 0 bridgehead atoms. The summed E-state index contributed by atoms with van der Waals surface area (Å²) < 4.78 is 90.4. The summed E-state index contributed by atoms with van der Waals surface area (Å²) >= 11 is 0. The third-order valence-electron chi connectivity index (χ3n) is 22.9. The second kappa shape index (κ2) is 44.8. The monoisotopic (exact) mass is 1910 g/mol. The Labute approximate surface area is 787 Å². The molecule has 6 aromatic rings. The maximum atomic E-state index is 15.1. The molecule has 0 unspecified atom stereocenters. The van der Waals surface area contributed by atoms with E-state index in [4.69, 9.17) is 34.5 Å². The van der Waals surface area contributed by atoms with Crippen LogP contribution in [0.3, 0.4) is 0 Å². The Kier molecular flexibility index (Phi) is 35.0. The number of ether oxygens (including phenoxy) is 5. The highest BCUT2D eigenvalue weighted by atomic mass is 32.2. The van der Waals surface area contributed by atoms with Crippen molar-refractivity contribution in [3.05, 3.63) is 176 Å². The van der Waals surface area contributed by atoms with Gasteiger partial charge < -0.3 is 87.3 Å². The number of carbonyl (C=O) groups is 12. The lowest BCUT2D eigenvalue weighted by Crippen LogP contribution is -2.60. The standard InChI is InChI=1S/C96H127N15O22S2/c1-52(2)78(88(121)105-68(39-29-41-99-90(97)110-134(125,126)81-55(5)53(3)79-65(57(81)7)47-95(15,16)132-79)83(116)101-49-74(112)104-72(46-77(115)131-94(12,13)14)86(119)107-73(89(122)123)44-60-33-23-20-24-34-60)109-87(120)70(43-59-31-21-19-22-32-59)106-85(118)71(45-76(114)130-93(9,10)11)103-75(113)50-102-84(117)69(108-92(124)129-51-67-63-37-27-25-35-61(63)62-36-26-28-38-64(62)67)40-30-42-100-91(98)111-135(127,128)82-56(6)54(4)80-66(58(82)8)48-96(17,18)133-80/h19-28,31-38,52,67-73,78H,29-30,39-51H2,1-18H3,(H,101,116)(H,102,117)(H,103,113)(H,104,112)(H,105,121)(H,106,118)(H,107,119)(H,108,124)(H,109,120)(H,122,123)(H3,97,99,110)(H3,98,100,111)/t68-,69-,70+,71-,72-,73+,78-/m0/s1. The predicted octanol–water partition coefficient (Wildman–Crippen LogP) is 6.57. The highest BCUT2D eigenvalue weighted by Gasteiger charge is 2.42. The van der Waals surface area contributed by atoms with Crippen molar-refractivity contribution in [3.63, 3.8) is 0 Å². The van der Waals surface area contributed by atoms with Gasteiger partial charge in [0.2, 0.25) is 59.2 Å². The Morgan fingerprint density at radius 2 is 0.822 bits per heavy atom. The second-order valence-corrected chi connectivity index (χ2v) is 40.8. The van der Waals surface area contributed by atoms with Gasteiger partial charge in [-0.15, -0.1) is 0 Å². The summed E-state index contributed by atoms with van der Waals surface area (Å²) in [5.74, 6) is -13.2. The van der Waals surface area contributed by atoms with Crippen LogP contribution in [0.5, 0.6) is 11.5 Å². The van der Waals surface area contributed by atoms with Gasteiger partial charge in [-0.3, -0.25) is 58.8 Å². The molecule has 37 nitrogen and oxygen atoms in total. The van der Waals surface area contributed by atoms with Crippen molar-refractivity contribution >= 4 is 103 Å². The maximum Gasteiger partial charge on any atom is 0.407 e. The number of aliphatic carboxylic acids is 1. The SMILES string of the molecule is Cc1c(C)c(S(=O)(=O)NC(=N)NCCC[C@H](NC(=O)OCC2c3ccccc3-c3ccccc32)C(=O)NCC(=O)N[C@@H](CC(=O)OC(C)(C)C)C(=O)N[C@H](Cc2ccccc2)C(=O)N[C@H](C(=O)N[C@@H](CCCNC(=N)NS(=O)(=O)c2c(C)c(C)c3c(c2C)CC(C)(C)O3)C(=O)NCC(=O)N[C@@H](CC(=O)OC(C)(C)C)C(=O)N[C@H](Cc2ccccc2)C(=O)O)C(C)C)c(C)c2c1OC(C)(C)C2. The molecule has 1 aliphatic carbocycles. The summed E-state index contributed by atoms with van der Waals surface area (Å²) in [4.78, 5) is 170. The molecule has 730 valence electrons. The predicted molar refractivity (Wildman–Crippen MR) is 502 cm³/mol. The summed E-state index contributed by atoms with van der Waals surface area (Å²) in [5, 5.41) is 55.6. The maximum absolute atomic E-state index is 15.1. The molecule has 0 spiro atoms. The van der Waals surface area contributed by atoms with Gasteiger partial charge in [0.1, 0.15) is 82.8 Å². The van der Waals surface area contributed by atoms with Gasteiger partial charge in [0.15, 0.2) is 0 Å². The number of esters is 2. The molecule has 2 heterocycles. The van der Waals surface area contributed by atoms with E-state index in [1.807, 2.05) is 76.2 Å². The number of rotatable bonds is 41. The lowest BCUT2D eigenvalue weighted by molar-refractivity contribution is -0.157. The van der Waals surface area contributed by atoms with E-state index < -0.39 is 206 Å². The van der Waals surface area contributed by atoms with Crippen molar-refractivity contribution in [1.29, 1.82) is 10.8 Å². The average Bonchev–Trinajstić information content (AvgIpc) is 1.72. The second-order valence-electron chi connectivity index (χ2n) is 37.6. The summed E-state index contributed by atoms with van der Waals surface area (Å²) in [7, 11) is -8.80. The van der Waals surface area contributed by atoms with Crippen molar-refractivity contribution < 1.29 is 103 Å². The fraction of sp³-hybridized carbons (Fsp3) is 0.479. The van der Waals surface area contributed by atoms with Crippen molar-refractivity contribution in [1.82, 2.24) is 67.9 Å². The molecule has 3 aliphatic rings. The first-order valence-corrected chi connectivity index (χ1v) is 47.6. The lowest BCUT2D eigenvalue weighted by Gasteiger charge is -2.28. The number of fused-ring (bicyclic) bond motifs is 5. The van der Waals surface area contributed by atoms with Gasteiger partial charge >= 0.3 is 24.0 Å². The number of hydrogen-bond acceptors (Lipinski definition) is 23. The first kappa shape index (κ1) is 105. The van der Waals surface area contributed by atoms with Crippen molar-refractivity contribution in [3.8, 4) is 22.6 Å². The Morgan fingerprint density at radius 3 is 1.22 bits per heavy atom. The zero-order valence-electron chi connectivity index (χ0n) is 79.5. The first-order chi connectivity index (χ1) is 63.1. The minimum absolute atomic E-state index is 0.00647. The van der Waals surface area contributed by atoms with E-state index >= 15 is 4.79 Å². The number of carbonyl (C=O) groups excluding carboxylic acids is 11. The molecule has 0 fully saturated rings. The molecule has 9 amide bonds. The first-order valence-electron chi connectivity index (χ1n) is 44.7. The number of carboxylic acid groups (broad SMARTS) is 1. The normalized spacial score (nSPS) is 15.0. The topological polar surface area (TPSA) is 544 Å². The lowest BCUT2D eigenvalue weighted by atomic mass is 9.94. The Balaban J connectivity index is 0.916. The zero-order chi connectivity index (χ0) is 99.7. The molecule has 6 aromatic carbocycles. The number of alkyl carbamates (subject to hydrolysis) is 1. The molecule has 135 heavy (non-hydrogen) atoms. The summed E-state index contributed by atoms with van der Waals surface area (Å²) in [6, 6.07) is 20.2.